The molecule has 3 atom stereocenters. The molecular weight excluding hydrogens is 1490 g/mol. The number of nitrogens with two attached hydrogens (primary N) is 1. The van der Waals surface area contributed by atoms with Crippen molar-refractivity contribution < 1.29 is 46.4 Å². The zero-order valence-corrected chi connectivity index (χ0v) is 62.5. The van der Waals surface area contributed by atoms with Gasteiger partial charge in [0.05, 0.1) is 35.0 Å². The molecule has 0 spiro atoms. The number of carbonyl (C=O) groups is 3. The van der Waals surface area contributed by atoms with Crippen LogP contribution in [0.5, 0.6) is 0 Å². The molecule has 13 rings (SSSR count). The number of carbonyl (C=O) groups excluding carboxylic acids is 3. The quantitative estimate of drug-likeness (QED) is 0.00903. The van der Waals surface area contributed by atoms with E-state index < -0.39 is 19.6 Å². The Morgan fingerprint density at radius 2 is 0.919 bits per heavy atom. The number of aromatic nitrogens is 3. The highest BCUT2D eigenvalue weighted by Crippen LogP contribution is 2.36. The Hall–Kier alpha value is -12.1. The number of hydrogen-bond donors (Lipinski definition) is 10. The van der Waals surface area contributed by atoms with Gasteiger partial charge < -0.3 is 62.8 Å². The normalized spacial score (nSPS) is 14.2. The second-order valence-corrected chi connectivity index (χ2v) is 26.2. The molecule has 2 fully saturated rings. The summed E-state index contributed by atoms with van der Waals surface area (Å²) in [5.41, 5.74) is 17.6. The van der Waals surface area contributed by atoms with E-state index in [9.17, 15) is 36.3 Å². The third kappa shape index (κ3) is 25.8. The summed E-state index contributed by atoms with van der Waals surface area (Å²) in [7, 11) is 0.279. The highest BCUT2D eigenvalue weighted by molar-refractivity contribution is 6.58. The average Bonchev–Trinajstić information content (AvgIpc) is 0.820. The second-order valence-electron chi connectivity index (χ2n) is 25.1. The number of rotatable bonds is 19. The van der Waals surface area contributed by atoms with Crippen LogP contribution in [-0.4, -0.2) is 107 Å². The lowest BCUT2D eigenvalue weighted by molar-refractivity contribution is -0.112. The molecule has 0 radical (unpaired) electrons. The molecule has 3 aromatic heterocycles. The summed E-state index contributed by atoms with van der Waals surface area (Å²) in [5, 5.41) is 39.3. The SMILES string of the molecule is C=CC(=O)Nc1cccc(-c2nc(Cl)ccc2Nc2cccc(F)c2)c1.C=CC(=O)Nc1cccc(-c2nc(Nc3ccc(N4CCC(C)C(F)C4)cc3)ccc2Nc2cccc(F)c2)c1.C=CC(=O)Nc1cccc(B(O)O)c1.CN1CCN(c2ccc(N)cc2)CC1F.Fc1cccc(Nc2ccc(Cl)nc2Cl)c1. The van der Waals surface area contributed by atoms with Gasteiger partial charge in [0.2, 0.25) is 17.7 Å². The summed E-state index contributed by atoms with van der Waals surface area (Å²) >= 11 is 17.6. The number of halogens is 8. The van der Waals surface area contributed by atoms with Crippen molar-refractivity contribution in [3.8, 4) is 22.5 Å². The van der Waals surface area contributed by atoms with E-state index in [4.69, 9.17) is 55.6 Å². The van der Waals surface area contributed by atoms with Gasteiger partial charge in [-0.2, -0.15) is 0 Å². The van der Waals surface area contributed by atoms with E-state index in [1.807, 2.05) is 104 Å². The first-order valence-corrected chi connectivity index (χ1v) is 35.8. The first-order chi connectivity index (χ1) is 53.4. The maximum atomic E-state index is 14.2. The minimum atomic E-state index is -1.53. The Balaban J connectivity index is 0.000000171. The number of piperazine rings is 1. The van der Waals surface area contributed by atoms with Crippen molar-refractivity contribution in [3.63, 3.8) is 0 Å². The Morgan fingerprint density at radius 1 is 0.486 bits per heavy atom. The zero-order valence-electron chi connectivity index (χ0n) is 60.2. The van der Waals surface area contributed by atoms with Crippen molar-refractivity contribution >= 4 is 145 Å². The number of benzene rings is 8. The van der Waals surface area contributed by atoms with Gasteiger partial charge in [-0.05, 0) is 219 Å². The lowest BCUT2D eigenvalue weighted by atomic mass is 9.80. The van der Waals surface area contributed by atoms with Gasteiger partial charge in [0.1, 0.15) is 39.7 Å². The van der Waals surface area contributed by atoms with Gasteiger partial charge in [0.25, 0.3) is 0 Å². The van der Waals surface area contributed by atoms with Crippen molar-refractivity contribution in [3.05, 3.63) is 301 Å². The lowest BCUT2D eigenvalue weighted by Gasteiger charge is -2.36. The smallest absolute Gasteiger partial charge is 0.423 e. The summed E-state index contributed by atoms with van der Waals surface area (Å²) in [5.74, 6) is -1.28. The highest BCUT2D eigenvalue weighted by atomic mass is 35.5. The number of alkyl halides is 2. The lowest BCUT2D eigenvalue weighted by Crippen LogP contribution is -2.49. The number of pyridine rings is 3. The standard InChI is InChI=1S/C32H31F2N5O.C20H15ClFN3O.C11H7Cl2FN2.C11H16FN3.C9H10BNO3/c1-3-31(40)37-25-8-4-6-22(18-25)32-29(35-26-9-5-7-23(33)19-26)14-15-30(38-32)36-24-10-12-27(13-11-24)39-17-16-21(2)28(34)20-39;1-2-19(26)24-15-7-3-5-13(11-15)20-17(9-10-18(21)25-20)23-16-8-4-6-14(22)12-16;12-10-5-4-9(11(13)16-10)15-8-3-1-2-7(14)6-8;1-14-6-7-15(8-11(14)12)10-4-2-9(13)3-5-10;1-2-9(12)11-8-5-3-4-7(6-8)10(13)14/h3-15,18-19,21,28,35H,1,16-17,20H2,2H3,(H,36,38)(H,37,40);2-12,23H,1H2,(H,24,26);1-6,15H;2-5,11H,6-8,13H2,1H3;2-6,13-14H,1H2,(H,11,12). The Bertz CT molecular complexity index is 5020. The summed E-state index contributed by atoms with van der Waals surface area (Å²) in [6.45, 7) is 15.5. The summed E-state index contributed by atoms with van der Waals surface area (Å²) < 4.78 is 67.9. The molecule has 11 aromatic rings. The number of nitrogen functional groups attached to an aromatic ring is 1. The van der Waals surface area contributed by atoms with Crippen LogP contribution in [0.1, 0.15) is 13.3 Å². The van der Waals surface area contributed by atoms with E-state index in [2.05, 4.69) is 71.8 Å². The Kier molecular flexibility index (Phi) is 30.6. The first-order valence-electron chi connectivity index (χ1n) is 34.6. The van der Waals surface area contributed by atoms with Gasteiger partial charge in [-0.1, -0.05) is 116 Å². The van der Waals surface area contributed by atoms with Gasteiger partial charge in [0.15, 0.2) is 11.4 Å². The average molecular weight is 1560 g/mol. The van der Waals surface area contributed by atoms with E-state index in [1.165, 1.54) is 54.6 Å². The molecule has 0 aliphatic carbocycles. The summed E-state index contributed by atoms with van der Waals surface area (Å²) in [4.78, 5) is 53.2. The van der Waals surface area contributed by atoms with Crippen molar-refractivity contribution in [1.29, 1.82) is 0 Å². The molecule has 0 bridgehead atoms. The molecule has 2 aliphatic rings. The molecule has 8 aromatic carbocycles. The van der Waals surface area contributed by atoms with E-state index in [1.54, 1.807) is 108 Å². The van der Waals surface area contributed by atoms with Crippen molar-refractivity contribution in [1.82, 2.24) is 19.9 Å². The second kappa shape index (κ2) is 40.9. The van der Waals surface area contributed by atoms with Gasteiger partial charge in [-0.3, -0.25) is 19.3 Å². The highest BCUT2D eigenvalue weighted by Gasteiger charge is 2.27. The fraction of sp³-hybridized carbons (Fsp3) is 0.133. The molecule has 0 saturated carbocycles. The van der Waals surface area contributed by atoms with Crippen molar-refractivity contribution in [2.75, 3.05) is 92.5 Å². The van der Waals surface area contributed by atoms with Gasteiger partial charge in [0, 0.05) is 94.2 Å². The minimum absolute atomic E-state index is 0.0924. The number of anilines is 14. The Labute approximate surface area is 655 Å². The monoisotopic (exact) mass is 1560 g/mol. The predicted octanol–water partition coefficient (Wildman–Crippen LogP) is 18.2. The molecule has 3 amide bonds. The number of hydrogen-bond acceptors (Lipinski definition) is 16. The van der Waals surface area contributed by atoms with Crippen LogP contribution >= 0.6 is 34.8 Å². The summed E-state index contributed by atoms with van der Waals surface area (Å²) in [6, 6.07) is 65.0. The molecule has 2 aliphatic heterocycles. The molecule has 28 heteroatoms. The van der Waals surface area contributed by atoms with Crippen LogP contribution in [0.2, 0.25) is 15.5 Å². The molecule has 5 heterocycles. The molecule has 11 N–H and O–H groups in total. The van der Waals surface area contributed by atoms with Crippen LogP contribution in [-0.2, 0) is 14.4 Å². The maximum absolute atomic E-state index is 14.2. The van der Waals surface area contributed by atoms with Crippen LogP contribution in [0, 0.1) is 23.4 Å². The zero-order chi connectivity index (χ0) is 79.5. The fourth-order valence-electron chi connectivity index (χ4n) is 11.0. The number of likely N-dealkylation sites (N-methyl/N-ethyl adjacent to an activating group) is 1. The minimum Gasteiger partial charge on any atom is -0.423 e. The predicted molar refractivity (Wildman–Crippen MR) is 442 cm³/mol. The number of nitrogens with one attached hydrogen (secondary N) is 7. The third-order valence-corrected chi connectivity index (χ3v) is 17.6. The molecular formula is C83H79BCl3F5N14O5. The van der Waals surface area contributed by atoms with Crippen LogP contribution in [0.4, 0.5) is 102 Å². The van der Waals surface area contributed by atoms with Crippen LogP contribution < -0.4 is 58.2 Å². The Morgan fingerprint density at radius 3 is 1.40 bits per heavy atom. The van der Waals surface area contributed by atoms with E-state index in [0.29, 0.717) is 97.3 Å². The van der Waals surface area contributed by atoms with E-state index >= 15 is 0 Å². The van der Waals surface area contributed by atoms with Crippen LogP contribution in [0.25, 0.3) is 22.5 Å². The molecule has 570 valence electrons. The maximum Gasteiger partial charge on any atom is 0.488 e. The van der Waals surface area contributed by atoms with E-state index in [-0.39, 0.29) is 46.2 Å². The number of amides is 3. The third-order valence-electron chi connectivity index (χ3n) is 16.9. The van der Waals surface area contributed by atoms with Crippen LogP contribution in [0.3, 0.4) is 0 Å². The van der Waals surface area contributed by atoms with Gasteiger partial charge >= 0.3 is 7.12 Å². The van der Waals surface area contributed by atoms with Crippen molar-refractivity contribution in [2.24, 2.45) is 5.92 Å². The van der Waals surface area contributed by atoms with E-state index in [0.717, 1.165) is 66.0 Å². The first kappa shape index (κ1) is 83.0. The topological polar surface area (TPSA) is 250 Å². The number of piperidine rings is 1. The fourth-order valence-corrected chi connectivity index (χ4v) is 11.6. The largest absolute Gasteiger partial charge is 0.488 e. The molecule has 111 heavy (non-hydrogen) atoms. The molecule has 2 saturated heterocycles. The van der Waals surface area contributed by atoms with Crippen molar-refractivity contribution in [2.45, 2.75) is 25.8 Å². The molecule has 19 nitrogen and oxygen atoms in total. The van der Waals surface area contributed by atoms with Crippen LogP contribution in [0.15, 0.2) is 268 Å². The number of nitrogens with zero attached hydrogens (tertiary/aromatic N) is 6. The molecule has 3 unspecified atom stereocenters. The van der Waals surface area contributed by atoms with Gasteiger partial charge in [-0.25, -0.2) is 36.9 Å². The summed E-state index contributed by atoms with van der Waals surface area (Å²) in [6.07, 6.45) is 2.68. The van der Waals surface area contributed by atoms with Gasteiger partial charge in [-0.15, -0.1) is 0 Å².